The number of benzene rings is 2. The Labute approximate surface area is 167 Å². The Morgan fingerprint density at radius 3 is 2.97 bits per heavy atom. The van der Waals surface area contributed by atoms with E-state index in [4.69, 9.17) is 0 Å². The van der Waals surface area contributed by atoms with Crippen LogP contribution >= 0.6 is 0 Å². The van der Waals surface area contributed by atoms with Gasteiger partial charge in [0.2, 0.25) is 0 Å². The monoisotopic (exact) mass is 384 g/mol. The number of aliphatic hydroxyl groups excluding tert-OH is 1. The third kappa shape index (κ3) is 2.98. The first-order chi connectivity index (χ1) is 14.3. The molecular formula is C23H20N4O2. The van der Waals surface area contributed by atoms with E-state index in [1.807, 2.05) is 54.8 Å². The molecule has 6 nitrogen and oxygen atoms in total. The lowest BCUT2D eigenvalue weighted by atomic mass is 9.79. The van der Waals surface area contributed by atoms with E-state index in [0.29, 0.717) is 5.39 Å². The Kier molecular flexibility index (Phi) is 4.33. The first-order valence-corrected chi connectivity index (χ1v) is 9.62. The second kappa shape index (κ2) is 7.14. The lowest BCUT2D eigenvalue weighted by Gasteiger charge is -2.35. The number of aliphatic hydroxyl groups is 1. The number of H-pyrrole nitrogens is 1. The van der Waals surface area contributed by atoms with Crippen molar-refractivity contribution >= 4 is 22.7 Å². The molecule has 2 atom stereocenters. The van der Waals surface area contributed by atoms with E-state index in [9.17, 15) is 9.90 Å². The number of anilines is 1. The molecule has 1 aromatic heterocycles. The number of nitrogens with one attached hydrogen (secondary N) is 2. The largest absolute Gasteiger partial charge is 0.392 e. The smallest absolute Gasteiger partial charge is 0.272 e. The third-order valence-corrected chi connectivity index (χ3v) is 5.55. The average Bonchev–Trinajstić information content (AvgIpc) is 3.05. The van der Waals surface area contributed by atoms with Gasteiger partial charge >= 0.3 is 0 Å². The summed E-state index contributed by atoms with van der Waals surface area (Å²) in [5.41, 5.74) is 4.51. The zero-order chi connectivity index (χ0) is 19.8. The van der Waals surface area contributed by atoms with Crippen LogP contribution in [0.15, 0.2) is 76.2 Å². The lowest BCUT2D eigenvalue weighted by molar-refractivity contribution is 0.281. The summed E-state index contributed by atoms with van der Waals surface area (Å²) in [7, 11) is 0. The molecule has 0 aliphatic carbocycles. The number of aromatic amines is 1. The molecule has 0 bridgehead atoms. The topological polar surface area (TPSA) is 90.4 Å². The van der Waals surface area contributed by atoms with E-state index < -0.39 is 0 Å². The molecule has 0 saturated carbocycles. The molecule has 0 amide bonds. The minimum Gasteiger partial charge on any atom is -0.392 e. The minimum absolute atomic E-state index is 0.0276. The van der Waals surface area contributed by atoms with Crippen molar-refractivity contribution in [3.63, 3.8) is 0 Å². The number of hydrogen-bond acceptors (Lipinski definition) is 5. The predicted octanol–water partition coefficient (Wildman–Crippen LogP) is 3.26. The van der Waals surface area contributed by atoms with Crippen molar-refractivity contribution in [2.45, 2.75) is 25.0 Å². The van der Waals surface area contributed by atoms with Gasteiger partial charge in [-0.15, -0.1) is 0 Å². The van der Waals surface area contributed by atoms with Gasteiger partial charge in [-0.2, -0.15) is 5.10 Å². The summed E-state index contributed by atoms with van der Waals surface area (Å²) in [5, 5.41) is 21.9. The maximum atomic E-state index is 12.4. The van der Waals surface area contributed by atoms with Crippen molar-refractivity contribution in [2.24, 2.45) is 4.99 Å². The summed E-state index contributed by atoms with van der Waals surface area (Å²) >= 11 is 0. The van der Waals surface area contributed by atoms with Gasteiger partial charge in [0.1, 0.15) is 0 Å². The summed E-state index contributed by atoms with van der Waals surface area (Å²) in [4.78, 5) is 16.6. The summed E-state index contributed by atoms with van der Waals surface area (Å²) in [6.45, 7) is -0.0276. The van der Waals surface area contributed by atoms with Crippen LogP contribution in [0, 0.1) is 0 Å². The Morgan fingerprint density at radius 1 is 1.17 bits per heavy atom. The SMILES string of the molecule is O=c1[nH]nc2c3c(cccc13)NC(C1=CCC=NC=C1)C2c1cccc(CO)c1. The van der Waals surface area contributed by atoms with Crippen molar-refractivity contribution in [3.8, 4) is 0 Å². The van der Waals surface area contributed by atoms with Crippen LogP contribution in [-0.4, -0.2) is 27.6 Å². The first-order valence-electron chi connectivity index (χ1n) is 9.62. The number of nitrogens with zero attached hydrogens (tertiary/aromatic N) is 2. The molecule has 2 aliphatic heterocycles. The van der Waals surface area contributed by atoms with E-state index >= 15 is 0 Å². The number of aromatic nitrogens is 2. The van der Waals surface area contributed by atoms with Crippen LogP contribution in [0.5, 0.6) is 0 Å². The fourth-order valence-corrected chi connectivity index (χ4v) is 4.25. The molecule has 3 heterocycles. The Morgan fingerprint density at radius 2 is 2.07 bits per heavy atom. The van der Waals surface area contributed by atoms with Crippen molar-refractivity contribution in [1.82, 2.24) is 10.2 Å². The minimum atomic E-state index is -0.198. The highest BCUT2D eigenvalue weighted by molar-refractivity contribution is 5.97. The molecule has 0 fully saturated rings. The average molecular weight is 384 g/mol. The molecular weight excluding hydrogens is 364 g/mol. The summed E-state index contributed by atoms with van der Waals surface area (Å²) in [6, 6.07) is 13.5. The van der Waals surface area contributed by atoms with Crippen molar-refractivity contribution in [1.29, 1.82) is 0 Å². The highest BCUT2D eigenvalue weighted by Gasteiger charge is 2.35. The Balaban J connectivity index is 1.77. The van der Waals surface area contributed by atoms with E-state index in [2.05, 4.69) is 26.6 Å². The first kappa shape index (κ1) is 17.6. The van der Waals surface area contributed by atoms with Gasteiger partial charge in [-0.05, 0) is 34.9 Å². The zero-order valence-corrected chi connectivity index (χ0v) is 15.7. The molecule has 3 N–H and O–H groups in total. The molecule has 0 radical (unpaired) electrons. The van der Waals surface area contributed by atoms with Crippen LogP contribution in [0.4, 0.5) is 5.69 Å². The third-order valence-electron chi connectivity index (χ3n) is 5.55. The second-order valence-electron chi connectivity index (χ2n) is 7.26. The van der Waals surface area contributed by atoms with Gasteiger partial charge < -0.3 is 10.4 Å². The normalized spacial score (nSPS) is 20.2. The molecule has 3 aromatic rings. The van der Waals surface area contributed by atoms with Crippen LogP contribution < -0.4 is 10.9 Å². The predicted molar refractivity (Wildman–Crippen MR) is 114 cm³/mol. The van der Waals surface area contributed by atoms with Crippen molar-refractivity contribution in [2.75, 3.05) is 5.32 Å². The van der Waals surface area contributed by atoms with Gasteiger partial charge in [0.25, 0.3) is 5.56 Å². The van der Waals surface area contributed by atoms with Crippen molar-refractivity contribution < 1.29 is 5.11 Å². The van der Waals surface area contributed by atoms with Gasteiger partial charge in [0.15, 0.2) is 0 Å². The van der Waals surface area contributed by atoms with E-state index in [1.54, 1.807) is 6.20 Å². The molecule has 144 valence electrons. The summed E-state index contributed by atoms with van der Waals surface area (Å²) < 4.78 is 0. The van der Waals surface area contributed by atoms with Crippen LogP contribution in [0.3, 0.4) is 0 Å². The van der Waals surface area contributed by atoms with Gasteiger partial charge in [0.05, 0.1) is 29.6 Å². The highest BCUT2D eigenvalue weighted by atomic mass is 16.3. The number of hydrogen-bond donors (Lipinski definition) is 3. The fourth-order valence-electron chi connectivity index (χ4n) is 4.25. The van der Waals surface area contributed by atoms with Gasteiger partial charge in [-0.3, -0.25) is 9.79 Å². The van der Waals surface area contributed by atoms with Crippen LogP contribution in [-0.2, 0) is 6.61 Å². The molecule has 2 aliphatic rings. The van der Waals surface area contributed by atoms with Crippen molar-refractivity contribution in [3.05, 3.63) is 93.6 Å². The highest BCUT2D eigenvalue weighted by Crippen LogP contribution is 2.42. The summed E-state index contributed by atoms with van der Waals surface area (Å²) in [5.74, 6) is -0.134. The van der Waals surface area contributed by atoms with Crippen LogP contribution in [0.1, 0.15) is 29.2 Å². The molecule has 5 rings (SSSR count). The molecule has 2 aromatic carbocycles. The van der Waals surface area contributed by atoms with E-state index in [-0.39, 0.29) is 24.1 Å². The van der Waals surface area contributed by atoms with Crippen LogP contribution in [0.25, 0.3) is 10.8 Å². The van der Waals surface area contributed by atoms with Gasteiger partial charge in [0, 0.05) is 29.9 Å². The standard InChI is InChI=1S/C23H20N4O2/c28-13-14-4-1-5-16(12-14)19-21(15-6-3-10-24-11-9-15)25-18-8-2-7-17-20(18)22(19)26-27-23(17)29/h1-2,4-12,19,21,25,28H,3,13H2,(H,27,29). The molecule has 0 spiro atoms. The lowest BCUT2D eigenvalue weighted by Crippen LogP contribution is -2.35. The van der Waals surface area contributed by atoms with E-state index in [0.717, 1.165) is 39.9 Å². The van der Waals surface area contributed by atoms with Gasteiger partial charge in [-0.1, -0.05) is 36.4 Å². The maximum absolute atomic E-state index is 12.4. The van der Waals surface area contributed by atoms with Gasteiger partial charge in [-0.25, -0.2) is 5.10 Å². The Bertz CT molecular complexity index is 1240. The number of aliphatic imine (C=N–C) groups is 1. The zero-order valence-electron chi connectivity index (χ0n) is 15.7. The fraction of sp³-hybridized carbons (Fsp3) is 0.174. The molecule has 2 unspecified atom stereocenters. The quantitative estimate of drug-likeness (QED) is 0.647. The van der Waals surface area contributed by atoms with E-state index in [1.165, 1.54) is 0 Å². The van der Waals surface area contributed by atoms with Crippen LogP contribution in [0.2, 0.25) is 0 Å². The molecule has 29 heavy (non-hydrogen) atoms. The molecule has 0 saturated heterocycles. The number of rotatable bonds is 3. The second-order valence-corrected chi connectivity index (χ2v) is 7.26. The summed E-state index contributed by atoms with van der Waals surface area (Å²) in [6.07, 6.45) is 8.60. The molecule has 6 heteroatoms. The number of allylic oxidation sites excluding steroid dienone is 1. The maximum Gasteiger partial charge on any atom is 0.272 e. The Hall–Kier alpha value is -3.51.